The van der Waals surface area contributed by atoms with Crippen molar-refractivity contribution in [2.45, 2.75) is 26.8 Å². The first-order valence-corrected chi connectivity index (χ1v) is 11.7. The van der Waals surface area contributed by atoms with Crippen LogP contribution in [0, 0.1) is 13.8 Å². The second kappa shape index (κ2) is 9.56. The van der Waals surface area contributed by atoms with Crippen molar-refractivity contribution in [1.82, 2.24) is 9.97 Å². The highest BCUT2D eigenvalue weighted by atomic mass is 16.2. The van der Waals surface area contributed by atoms with Crippen molar-refractivity contribution < 1.29 is 4.79 Å². The predicted octanol–water partition coefficient (Wildman–Crippen LogP) is 5.62. The van der Waals surface area contributed by atoms with Gasteiger partial charge in [-0.2, -0.15) is 4.98 Å². The number of hydrogen-bond donors (Lipinski definition) is 2. The highest BCUT2D eigenvalue weighted by molar-refractivity contribution is 6.10. The van der Waals surface area contributed by atoms with E-state index in [2.05, 4.69) is 10.3 Å². The van der Waals surface area contributed by atoms with Crippen molar-refractivity contribution in [1.29, 1.82) is 0 Å². The summed E-state index contributed by atoms with van der Waals surface area (Å²) in [6, 6.07) is 23.6. The van der Waals surface area contributed by atoms with Gasteiger partial charge < -0.3 is 11.1 Å². The molecule has 7 heteroatoms. The average molecular weight is 465 g/mol. The fourth-order valence-corrected chi connectivity index (χ4v) is 4.52. The third kappa shape index (κ3) is 4.46. The Morgan fingerprint density at radius 3 is 2.46 bits per heavy atom. The highest BCUT2D eigenvalue weighted by Gasteiger charge is 2.35. The largest absolute Gasteiger partial charge is 0.335 e. The molecule has 1 aromatic heterocycles. The fourth-order valence-electron chi connectivity index (χ4n) is 4.52. The standard InChI is InChI=1S/C28H28N6O/c1-19-8-6-9-20(2)25(19)33-18-22-17-30-27(31-23-11-4-3-5-12-23)32-26(22)34(28(33)35)24-13-7-10-21(16-24)14-15-29/h3-13,16-17H,14-15,18,29H2,1-2H3,(H,30,31,32). The van der Waals surface area contributed by atoms with Crippen LogP contribution in [0.2, 0.25) is 0 Å². The Bertz CT molecular complexity index is 1350. The van der Waals surface area contributed by atoms with Crippen LogP contribution in [0.3, 0.4) is 0 Å². The number of urea groups is 1. The van der Waals surface area contributed by atoms with E-state index in [-0.39, 0.29) is 6.03 Å². The maximum Gasteiger partial charge on any atom is 0.335 e. The van der Waals surface area contributed by atoms with Gasteiger partial charge in [0.15, 0.2) is 5.82 Å². The molecule has 0 saturated heterocycles. The van der Waals surface area contributed by atoms with Gasteiger partial charge in [-0.3, -0.25) is 4.90 Å². The van der Waals surface area contributed by atoms with Crippen molar-refractivity contribution in [2.24, 2.45) is 5.73 Å². The smallest absolute Gasteiger partial charge is 0.330 e. The quantitative estimate of drug-likeness (QED) is 0.387. The lowest BCUT2D eigenvalue weighted by molar-refractivity contribution is 0.252. The van der Waals surface area contributed by atoms with E-state index >= 15 is 0 Å². The monoisotopic (exact) mass is 464 g/mol. The van der Waals surface area contributed by atoms with Crippen LogP contribution in [0.15, 0.2) is 79.0 Å². The first-order valence-electron chi connectivity index (χ1n) is 11.7. The van der Waals surface area contributed by atoms with Crippen molar-refractivity contribution in [3.8, 4) is 0 Å². The Kier molecular flexibility index (Phi) is 6.16. The van der Waals surface area contributed by atoms with Crippen molar-refractivity contribution in [3.63, 3.8) is 0 Å². The number of benzene rings is 3. The summed E-state index contributed by atoms with van der Waals surface area (Å²) in [6.45, 7) is 4.99. The molecule has 1 aliphatic rings. The molecule has 2 amide bonds. The van der Waals surface area contributed by atoms with Gasteiger partial charge in [0, 0.05) is 17.4 Å². The van der Waals surface area contributed by atoms with Gasteiger partial charge in [0.1, 0.15) is 0 Å². The van der Waals surface area contributed by atoms with Crippen LogP contribution in [0.25, 0.3) is 0 Å². The van der Waals surface area contributed by atoms with Crippen LogP contribution in [0.5, 0.6) is 0 Å². The number of hydrogen-bond acceptors (Lipinski definition) is 5. The second-order valence-electron chi connectivity index (χ2n) is 8.69. The topological polar surface area (TPSA) is 87.4 Å². The van der Waals surface area contributed by atoms with E-state index in [0.717, 1.165) is 45.7 Å². The van der Waals surface area contributed by atoms with Crippen LogP contribution < -0.4 is 20.9 Å². The molecule has 2 heterocycles. The number of aromatic nitrogens is 2. The molecule has 4 aromatic rings. The van der Waals surface area contributed by atoms with E-state index in [1.165, 1.54) is 0 Å². The fraction of sp³-hybridized carbons (Fsp3) is 0.179. The number of rotatable bonds is 6. The number of para-hydroxylation sites is 2. The van der Waals surface area contributed by atoms with Crippen LogP contribution >= 0.6 is 0 Å². The van der Waals surface area contributed by atoms with Crippen LogP contribution in [-0.2, 0) is 13.0 Å². The number of nitrogens with one attached hydrogen (secondary N) is 1. The molecule has 35 heavy (non-hydrogen) atoms. The summed E-state index contributed by atoms with van der Waals surface area (Å²) in [5.74, 6) is 1.02. The zero-order valence-electron chi connectivity index (χ0n) is 19.9. The van der Waals surface area contributed by atoms with Gasteiger partial charge in [0.05, 0.1) is 17.9 Å². The summed E-state index contributed by atoms with van der Waals surface area (Å²) in [5, 5.41) is 3.24. The first-order chi connectivity index (χ1) is 17.0. The molecule has 0 fully saturated rings. The number of carbonyl (C=O) groups excluding carboxylic acids is 1. The molecule has 0 radical (unpaired) electrons. The third-order valence-corrected chi connectivity index (χ3v) is 6.15. The zero-order valence-corrected chi connectivity index (χ0v) is 19.9. The van der Waals surface area contributed by atoms with Crippen molar-refractivity contribution >= 4 is 34.9 Å². The van der Waals surface area contributed by atoms with Gasteiger partial charge in [-0.25, -0.2) is 14.7 Å². The Balaban J connectivity index is 1.63. The lowest BCUT2D eigenvalue weighted by atomic mass is 10.1. The summed E-state index contributed by atoms with van der Waals surface area (Å²) in [5.41, 5.74) is 12.4. The number of amides is 2. The van der Waals surface area contributed by atoms with Gasteiger partial charge in [0.2, 0.25) is 5.95 Å². The Labute approximate surface area is 205 Å². The maximum atomic E-state index is 14.1. The van der Waals surface area contributed by atoms with Crippen molar-refractivity contribution in [3.05, 3.63) is 101 Å². The van der Waals surface area contributed by atoms with Crippen LogP contribution in [-0.4, -0.2) is 22.5 Å². The van der Waals surface area contributed by atoms with E-state index in [0.29, 0.717) is 24.9 Å². The van der Waals surface area contributed by atoms with E-state index in [1.54, 1.807) is 11.1 Å². The summed E-state index contributed by atoms with van der Waals surface area (Å²) in [7, 11) is 0. The number of anilines is 5. The van der Waals surface area contributed by atoms with Gasteiger partial charge >= 0.3 is 6.03 Å². The molecule has 0 spiro atoms. The summed E-state index contributed by atoms with van der Waals surface area (Å²) in [6.07, 6.45) is 2.53. The van der Waals surface area contributed by atoms with Gasteiger partial charge in [-0.15, -0.1) is 0 Å². The number of fused-ring (bicyclic) bond motifs is 1. The van der Waals surface area contributed by atoms with E-state index in [4.69, 9.17) is 10.7 Å². The molecule has 0 bridgehead atoms. The third-order valence-electron chi connectivity index (χ3n) is 6.15. The normalized spacial score (nSPS) is 13.1. The van der Waals surface area contributed by atoms with Crippen LogP contribution in [0.4, 0.5) is 33.6 Å². The van der Waals surface area contributed by atoms with E-state index in [1.807, 2.05) is 91.5 Å². The lowest BCUT2D eigenvalue weighted by Gasteiger charge is -2.37. The van der Waals surface area contributed by atoms with Gasteiger partial charge in [0.25, 0.3) is 0 Å². The summed E-state index contributed by atoms with van der Waals surface area (Å²) in [4.78, 5) is 26.9. The first kappa shape index (κ1) is 22.6. The highest BCUT2D eigenvalue weighted by Crippen LogP contribution is 2.38. The molecule has 0 unspecified atom stereocenters. The van der Waals surface area contributed by atoms with Gasteiger partial charge in [-0.1, -0.05) is 48.5 Å². The Morgan fingerprint density at radius 2 is 1.71 bits per heavy atom. The molecule has 0 aliphatic carbocycles. The Morgan fingerprint density at radius 1 is 0.971 bits per heavy atom. The minimum Gasteiger partial charge on any atom is -0.330 e. The lowest BCUT2D eigenvalue weighted by Crippen LogP contribution is -2.46. The zero-order chi connectivity index (χ0) is 24.4. The minimum atomic E-state index is -0.149. The molecule has 7 nitrogen and oxygen atoms in total. The van der Waals surface area contributed by atoms with E-state index < -0.39 is 0 Å². The summed E-state index contributed by atoms with van der Waals surface area (Å²) < 4.78 is 0. The molecular weight excluding hydrogens is 436 g/mol. The molecular formula is C28H28N6O. The maximum absolute atomic E-state index is 14.1. The van der Waals surface area contributed by atoms with Crippen LogP contribution in [0.1, 0.15) is 22.3 Å². The molecule has 1 aliphatic heterocycles. The average Bonchev–Trinajstić information content (AvgIpc) is 2.85. The summed E-state index contributed by atoms with van der Waals surface area (Å²) >= 11 is 0. The minimum absolute atomic E-state index is 0.149. The number of nitrogens with zero attached hydrogens (tertiary/aromatic N) is 4. The molecule has 0 saturated carbocycles. The van der Waals surface area contributed by atoms with E-state index in [9.17, 15) is 4.79 Å². The molecule has 3 N–H and O–H groups in total. The Hall–Kier alpha value is -4.23. The van der Waals surface area contributed by atoms with Gasteiger partial charge in [-0.05, 0) is 67.8 Å². The molecule has 0 atom stereocenters. The number of carbonyl (C=O) groups is 1. The van der Waals surface area contributed by atoms with Crippen molar-refractivity contribution in [2.75, 3.05) is 21.7 Å². The number of nitrogens with two attached hydrogens (primary N) is 1. The molecule has 5 rings (SSSR count). The number of aryl methyl sites for hydroxylation is 2. The second-order valence-corrected chi connectivity index (χ2v) is 8.69. The molecule has 176 valence electrons. The molecule has 3 aromatic carbocycles. The SMILES string of the molecule is Cc1cccc(C)c1N1Cc2cnc(Nc3ccccc3)nc2N(c2cccc(CCN)c2)C1=O. The predicted molar refractivity (Wildman–Crippen MR) is 141 cm³/mol.